The van der Waals surface area contributed by atoms with Crippen molar-refractivity contribution in [1.29, 1.82) is 0 Å². The average molecular weight is 437 g/mol. The summed E-state index contributed by atoms with van der Waals surface area (Å²) in [5, 5.41) is 3.75. The van der Waals surface area contributed by atoms with Crippen molar-refractivity contribution < 1.29 is 9.13 Å². The molecule has 7 heteroatoms. The van der Waals surface area contributed by atoms with Crippen LogP contribution >= 0.6 is 11.6 Å². The lowest BCUT2D eigenvalue weighted by Crippen LogP contribution is -2.36. The maximum atomic E-state index is 14.7. The zero-order valence-electron chi connectivity index (χ0n) is 17.1. The molecule has 4 aromatic rings. The molecule has 0 unspecified atom stereocenters. The number of benzene rings is 2. The van der Waals surface area contributed by atoms with Gasteiger partial charge in [0.15, 0.2) is 0 Å². The Balaban J connectivity index is 1.56. The van der Waals surface area contributed by atoms with Crippen molar-refractivity contribution in [3.05, 3.63) is 77.2 Å². The number of imidazole rings is 1. The van der Waals surface area contributed by atoms with Crippen LogP contribution in [0.25, 0.3) is 16.9 Å². The molecule has 158 valence electrons. The quantitative estimate of drug-likeness (QED) is 0.446. The predicted octanol–water partition coefficient (Wildman–Crippen LogP) is 5.68. The lowest BCUT2D eigenvalue weighted by atomic mass is 10.1. The summed E-state index contributed by atoms with van der Waals surface area (Å²) in [5.74, 6) is 0.263. The highest BCUT2D eigenvalue weighted by molar-refractivity contribution is 6.33. The second-order valence-electron chi connectivity index (χ2n) is 7.61. The Morgan fingerprint density at radius 2 is 1.84 bits per heavy atom. The van der Waals surface area contributed by atoms with Crippen molar-refractivity contribution in [2.24, 2.45) is 0 Å². The van der Waals surface area contributed by atoms with Crippen LogP contribution in [-0.4, -0.2) is 35.7 Å². The number of fused-ring (bicyclic) bond motifs is 1. The summed E-state index contributed by atoms with van der Waals surface area (Å²) in [6, 6.07) is 16.8. The minimum atomic E-state index is -0.404. The first-order chi connectivity index (χ1) is 15.1. The van der Waals surface area contributed by atoms with Gasteiger partial charge in [0.1, 0.15) is 23.0 Å². The standard InChI is InChI=1S/C24H22ClFN4O/c1-16-9-10-30-21(15-16)28-23(22-19(25)3-2-4-20(22)26)24(30)27-17-5-7-18(8-6-17)29-11-13-31-14-12-29/h2-10,15,27H,11-14H2,1H3. The molecule has 0 saturated carbocycles. The first-order valence-electron chi connectivity index (χ1n) is 10.2. The fraction of sp³-hybridized carbons (Fsp3) is 0.208. The van der Waals surface area contributed by atoms with Crippen LogP contribution in [0.5, 0.6) is 0 Å². The van der Waals surface area contributed by atoms with Gasteiger partial charge in [-0.2, -0.15) is 0 Å². The minimum absolute atomic E-state index is 0.290. The largest absolute Gasteiger partial charge is 0.378 e. The van der Waals surface area contributed by atoms with Crippen molar-refractivity contribution >= 4 is 34.4 Å². The number of hydrogen-bond donors (Lipinski definition) is 1. The van der Waals surface area contributed by atoms with Gasteiger partial charge in [0.05, 0.1) is 23.8 Å². The number of morpholine rings is 1. The van der Waals surface area contributed by atoms with Crippen LogP contribution in [-0.2, 0) is 4.74 Å². The van der Waals surface area contributed by atoms with Crippen LogP contribution in [0.1, 0.15) is 5.56 Å². The molecule has 1 aliphatic rings. The Labute approximate surface area is 185 Å². The van der Waals surface area contributed by atoms with Gasteiger partial charge in [-0.1, -0.05) is 17.7 Å². The molecular formula is C24H22ClFN4O. The maximum Gasteiger partial charge on any atom is 0.143 e. The number of hydrogen-bond acceptors (Lipinski definition) is 4. The first-order valence-corrected chi connectivity index (χ1v) is 10.6. The number of rotatable bonds is 4. The lowest BCUT2D eigenvalue weighted by molar-refractivity contribution is 0.122. The van der Waals surface area contributed by atoms with E-state index in [1.54, 1.807) is 12.1 Å². The van der Waals surface area contributed by atoms with Crippen LogP contribution in [0.3, 0.4) is 0 Å². The fourth-order valence-electron chi connectivity index (χ4n) is 3.88. The van der Waals surface area contributed by atoms with E-state index in [9.17, 15) is 4.39 Å². The number of pyridine rings is 1. The monoisotopic (exact) mass is 436 g/mol. The summed E-state index contributed by atoms with van der Waals surface area (Å²) in [6.07, 6.45) is 1.93. The number of halogens is 2. The molecule has 3 heterocycles. The molecule has 0 radical (unpaired) electrons. The van der Waals surface area contributed by atoms with Gasteiger partial charge in [0, 0.05) is 30.7 Å². The third-order valence-corrected chi connectivity index (χ3v) is 5.80. The van der Waals surface area contributed by atoms with Crippen LogP contribution in [0, 0.1) is 12.7 Å². The minimum Gasteiger partial charge on any atom is -0.378 e. The van der Waals surface area contributed by atoms with E-state index in [0.29, 0.717) is 16.5 Å². The van der Waals surface area contributed by atoms with E-state index < -0.39 is 5.82 Å². The highest BCUT2D eigenvalue weighted by Gasteiger charge is 2.20. The Bertz CT molecular complexity index is 1210. The van der Waals surface area contributed by atoms with Gasteiger partial charge >= 0.3 is 0 Å². The van der Waals surface area contributed by atoms with E-state index in [1.165, 1.54) is 6.07 Å². The SMILES string of the molecule is Cc1ccn2c(Nc3ccc(N4CCOCC4)cc3)c(-c3c(F)cccc3Cl)nc2c1. The third-order valence-electron chi connectivity index (χ3n) is 5.49. The number of nitrogens with one attached hydrogen (secondary N) is 1. The van der Waals surface area contributed by atoms with Gasteiger partial charge in [-0.05, 0) is 61.0 Å². The molecule has 2 aromatic heterocycles. The Kier molecular flexibility index (Phi) is 5.26. The average Bonchev–Trinajstić information content (AvgIpc) is 3.11. The van der Waals surface area contributed by atoms with Gasteiger partial charge in [-0.3, -0.25) is 4.40 Å². The van der Waals surface area contributed by atoms with Crippen molar-refractivity contribution in [1.82, 2.24) is 9.38 Å². The fourth-order valence-corrected chi connectivity index (χ4v) is 4.13. The lowest BCUT2D eigenvalue weighted by Gasteiger charge is -2.29. The van der Waals surface area contributed by atoms with Crippen LogP contribution in [0.15, 0.2) is 60.8 Å². The topological polar surface area (TPSA) is 41.8 Å². The molecule has 1 aliphatic heterocycles. The Morgan fingerprint density at radius 3 is 2.58 bits per heavy atom. The highest BCUT2D eigenvalue weighted by atomic mass is 35.5. The van der Waals surface area contributed by atoms with E-state index in [4.69, 9.17) is 21.3 Å². The van der Waals surface area contributed by atoms with E-state index in [-0.39, 0.29) is 5.56 Å². The molecule has 1 saturated heterocycles. The second kappa shape index (κ2) is 8.21. The van der Waals surface area contributed by atoms with Crippen LogP contribution in [0.4, 0.5) is 21.6 Å². The smallest absolute Gasteiger partial charge is 0.143 e. The summed E-state index contributed by atoms with van der Waals surface area (Å²) < 4.78 is 22.1. The Morgan fingerprint density at radius 1 is 1.06 bits per heavy atom. The summed E-state index contributed by atoms with van der Waals surface area (Å²) in [7, 11) is 0. The van der Waals surface area contributed by atoms with Crippen molar-refractivity contribution in [2.75, 3.05) is 36.5 Å². The van der Waals surface area contributed by atoms with E-state index in [1.807, 2.05) is 41.8 Å². The van der Waals surface area contributed by atoms with Gasteiger partial charge in [0.2, 0.25) is 0 Å². The van der Waals surface area contributed by atoms with Gasteiger partial charge in [0.25, 0.3) is 0 Å². The molecular weight excluding hydrogens is 415 g/mol. The van der Waals surface area contributed by atoms with Crippen molar-refractivity contribution in [3.8, 4) is 11.3 Å². The summed E-state index contributed by atoms with van der Waals surface area (Å²) in [5.41, 5.74) is 4.60. The summed E-state index contributed by atoms with van der Waals surface area (Å²) in [4.78, 5) is 7.01. The summed E-state index contributed by atoms with van der Waals surface area (Å²) in [6.45, 7) is 5.26. The van der Waals surface area contributed by atoms with Gasteiger partial charge < -0.3 is 15.0 Å². The molecule has 5 nitrogen and oxygen atoms in total. The van der Waals surface area contributed by atoms with Crippen LogP contribution in [0.2, 0.25) is 5.02 Å². The number of nitrogens with zero attached hydrogens (tertiary/aromatic N) is 3. The molecule has 1 fully saturated rings. The number of anilines is 3. The van der Waals surface area contributed by atoms with E-state index in [2.05, 4.69) is 22.3 Å². The van der Waals surface area contributed by atoms with Gasteiger partial charge in [-0.15, -0.1) is 0 Å². The Hall–Kier alpha value is -3.09. The van der Waals surface area contributed by atoms with Gasteiger partial charge in [-0.25, -0.2) is 9.37 Å². The molecule has 0 spiro atoms. The highest BCUT2D eigenvalue weighted by Crippen LogP contribution is 2.37. The van der Waals surface area contributed by atoms with Crippen molar-refractivity contribution in [3.63, 3.8) is 0 Å². The molecule has 0 amide bonds. The number of ether oxygens (including phenoxy) is 1. The van der Waals surface area contributed by atoms with E-state index in [0.717, 1.165) is 48.9 Å². The zero-order valence-corrected chi connectivity index (χ0v) is 17.9. The predicted molar refractivity (Wildman–Crippen MR) is 123 cm³/mol. The molecule has 5 rings (SSSR count). The first kappa shape index (κ1) is 19.8. The molecule has 0 bridgehead atoms. The molecule has 31 heavy (non-hydrogen) atoms. The number of aromatic nitrogens is 2. The normalized spacial score (nSPS) is 14.2. The zero-order chi connectivity index (χ0) is 21.4. The van der Waals surface area contributed by atoms with Crippen LogP contribution < -0.4 is 10.2 Å². The summed E-state index contributed by atoms with van der Waals surface area (Å²) >= 11 is 6.37. The second-order valence-corrected chi connectivity index (χ2v) is 8.02. The van der Waals surface area contributed by atoms with E-state index >= 15 is 0 Å². The van der Waals surface area contributed by atoms with Crippen molar-refractivity contribution in [2.45, 2.75) is 6.92 Å². The maximum absolute atomic E-state index is 14.7. The molecule has 0 aliphatic carbocycles. The molecule has 0 atom stereocenters. The number of aryl methyl sites for hydroxylation is 1. The third kappa shape index (κ3) is 3.84. The molecule has 2 aromatic carbocycles. The molecule has 1 N–H and O–H groups in total.